The second kappa shape index (κ2) is 7.90. The molecule has 3 rings (SSSR count). The average Bonchev–Trinajstić information content (AvgIpc) is 2.95. The number of hydrogen-bond acceptors (Lipinski definition) is 4. The molecule has 0 saturated heterocycles. The van der Waals surface area contributed by atoms with Crippen LogP contribution in [0.5, 0.6) is 0 Å². The molecule has 1 unspecified atom stereocenters. The predicted octanol–water partition coefficient (Wildman–Crippen LogP) is 3.51. The normalized spacial score (nSPS) is 14.4. The zero-order valence-corrected chi connectivity index (χ0v) is 15.1. The van der Waals surface area contributed by atoms with Crippen LogP contribution in [0.4, 0.5) is 13.9 Å². The van der Waals surface area contributed by atoms with Crippen molar-refractivity contribution in [3.8, 4) is 0 Å². The number of anilines is 1. The number of thiazole rings is 1. The molecule has 2 aromatic rings. The van der Waals surface area contributed by atoms with Gasteiger partial charge in [0, 0.05) is 17.4 Å². The van der Waals surface area contributed by atoms with Gasteiger partial charge < -0.3 is 10.6 Å². The minimum absolute atomic E-state index is 0.290. The molecule has 0 saturated carbocycles. The summed E-state index contributed by atoms with van der Waals surface area (Å²) in [5, 5.41) is 5.61. The maximum Gasteiger partial charge on any atom is 0.228 e. The fourth-order valence-electron chi connectivity index (χ4n) is 3.08. The molecule has 1 aromatic heterocycles. The molecular weight excluding hydrogens is 360 g/mol. The van der Waals surface area contributed by atoms with Crippen molar-refractivity contribution < 1.29 is 18.4 Å². The fraction of sp³-hybridized carbons (Fsp3) is 0.389. The van der Waals surface area contributed by atoms with Gasteiger partial charge in [0.1, 0.15) is 11.6 Å². The number of rotatable bonds is 5. The summed E-state index contributed by atoms with van der Waals surface area (Å²) < 4.78 is 28.1. The predicted molar refractivity (Wildman–Crippen MR) is 94.9 cm³/mol. The van der Waals surface area contributed by atoms with Gasteiger partial charge in [-0.2, -0.15) is 0 Å². The lowest BCUT2D eigenvalue weighted by Gasteiger charge is -2.19. The van der Waals surface area contributed by atoms with Crippen LogP contribution in [0, 0.1) is 11.6 Å². The number of aryl methyl sites for hydroxylation is 2. The lowest BCUT2D eigenvalue weighted by atomic mass is 10.0. The van der Waals surface area contributed by atoms with Gasteiger partial charge in [-0.3, -0.25) is 9.59 Å². The topological polar surface area (TPSA) is 71.1 Å². The highest BCUT2D eigenvalue weighted by Gasteiger charge is 2.24. The van der Waals surface area contributed by atoms with E-state index in [9.17, 15) is 18.4 Å². The van der Waals surface area contributed by atoms with Gasteiger partial charge in [0.25, 0.3) is 0 Å². The number of carbonyl (C=O) groups is 2. The van der Waals surface area contributed by atoms with E-state index in [4.69, 9.17) is 0 Å². The summed E-state index contributed by atoms with van der Waals surface area (Å²) in [5.41, 5.74) is 0.686. The minimum Gasteiger partial charge on any atom is -0.349 e. The van der Waals surface area contributed by atoms with Crippen molar-refractivity contribution in [3.63, 3.8) is 0 Å². The highest BCUT2D eigenvalue weighted by Crippen LogP contribution is 2.30. The third-order valence-electron chi connectivity index (χ3n) is 4.21. The average molecular weight is 379 g/mol. The smallest absolute Gasteiger partial charge is 0.228 e. The molecule has 1 aliphatic rings. The van der Waals surface area contributed by atoms with E-state index in [1.165, 1.54) is 29.2 Å². The molecule has 2 N–H and O–H groups in total. The van der Waals surface area contributed by atoms with Crippen LogP contribution in [0.1, 0.15) is 48.4 Å². The SMILES string of the molecule is CC(=O)NC(CC(=O)Nc1nc2c(s1)CCCC2)c1c(F)cccc1F. The second-order valence-electron chi connectivity index (χ2n) is 6.24. The van der Waals surface area contributed by atoms with Crippen LogP contribution in [0.25, 0.3) is 0 Å². The van der Waals surface area contributed by atoms with Gasteiger partial charge in [0.2, 0.25) is 11.8 Å². The zero-order valence-electron chi connectivity index (χ0n) is 14.3. The van der Waals surface area contributed by atoms with Crippen LogP contribution >= 0.6 is 11.3 Å². The van der Waals surface area contributed by atoms with Crippen molar-refractivity contribution >= 4 is 28.3 Å². The second-order valence-corrected chi connectivity index (χ2v) is 7.32. The van der Waals surface area contributed by atoms with E-state index >= 15 is 0 Å². The van der Waals surface area contributed by atoms with Crippen LogP contribution in [-0.4, -0.2) is 16.8 Å². The molecule has 8 heteroatoms. The van der Waals surface area contributed by atoms with E-state index in [1.54, 1.807) is 0 Å². The number of halogens is 2. The van der Waals surface area contributed by atoms with Crippen LogP contribution in [0.3, 0.4) is 0 Å². The standard InChI is InChI=1S/C18H19F2N3O2S/c1-10(24)21-14(17-11(19)5-4-6-12(17)20)9-16(25)23-18-22-13-7-2-3-8-15(13)26-18/h4-6,14H,2-3,7-9H2,1H3,(H,21,24)(H,22,23,25). The molecule has 2 amide bonds. The summed E-state index contributed by atoms with van der Waals surface area (Å²) in [7, 11) is 0. The molecule has 0 aliphatic heterocycles. The molecule has 26 heavy (non-hydrogen) atoms. The Morgan fingerprint density at radius 2 is 1.92 bits per heavy atom. The first-order chi connectivity index (χ1) is 12.4. The lowest BCUT2D eigenvalue weighted by molar-refractivity contribution is -0.120. The Labute approximate surface area is 153 Å². The Kier molecular flexibility index (Phi) is 5.61. The molecule has 1 atom stereocenters. The van der Waals surface area contributed by atoms with E-state index in [0.29, 0.717) is 5.13 Å². The van der Waals surface area contributed by atoms with E-state index < -0.39 is 29.5 Å². The number of hydrogen-bond donors (Lipinski definition) is 2. The summed E-state index contributed by atoms with van der Waals surface area (Å²) in [6.07, 6.45) is 3.76. The molecule has 138 valence electrons. The molecule has 1 aliphatic carbocycles. The van der Waals surface area contributed by atoms with Crippen molar-refractivity contribution in [3.05, 3.63) is 46.0 Å². The van der Waals surface area contributed by atoms with Gasteiger partial charge in [0.05, 0.1) is 18.2 Å². The molecule has 0 radical (unpaired) electrons. The van der Waals surface area contributed by atoms with Crippen molar-refractivity contribution in [1.29, 1.82) is 0 Å². The summed E-state index contributed by atoms with van der Waals surface area (Å²) >= 11 is 1.43. The van der Waals surface area contributed by atoms with Gasteiger partial charge in [-0.15, -0.1) is 11.3 Å². The highest BCUT2D eigenvalue weighted by molar-refractivity contribution is 7.15. The van der Waals surface area contributed by atoms with Gasteiger partial charge in [0.15, 0.2) is 5.13 Å². The summed E-state index contributed by atoms with van der Waals surface area (Å²) in [6.45, 7) is 1.23. The number of nitrogens with zero attached hydrogens (tertiary/aromatic N) is 1. The number of aromatic nitrogens is 1. The summed E-state index contributed by atoms with van der Waals surface area (Å²) in [6, 6.07) is 2.34. The monoisotopic (exact) mass is 379 g/mol. The minimum atomic E-state index is -1.09. The Morgan fingerprint density at radius 3 is 2.58 bits per heavy atom. The summed E-state index contributed by atoms with van der Waals surface area (Å²) in [5.74, 6) is -2.55. The number of amides is 2. The van der Waals surface area contributed by atoms with E-state index in [-0.39, 0.29) is 12.0 Å². The molecule has 0 bridgehead atoms. The van der Waals surface area contributed by atoms with Gasteiger partial charge in [-0.1, -0.05) is 6.07 Å². The molecule has 1 aromatic carbocycles. The van der Waals surface area contributed by atoms with Crippen LogP contribution in [0.2, 0.25) is 0 Å². The molecular formula is C18H19F2N3O2S. The fourth-order valence-corrected chi connectivity index (χ4v) is 4.14. The van der Waals surface area contributed by atoms with Gasteiger partial charge >= 0.3 is 0 Å². The molecule has 1 heterocycles. The first kappa shape index (κ1) is 18.4. The van der Waals surface area contributed by atoms with E-state index in [2.05, 4.69) is 15.6 Å². The first-order valence-electron chi connectivity index (χ1n) is 8.43. The maximum atomic E-state index is 14.0. The number of carbonyl (C=O) groups excluding carboxylic acids is 2. The quantitative estimate of drug-likeness (QED) is 0.835. The summed E-state index contributed by atoms with van der Waals surface area (Å²) in [4.78, 5) is 29.4. The Morgan fingerprint density at radius 1 is 1.23 bits per heavy atom. The van der Waals surface area contributed by atoms with Crippen LogP contribution in [0.15, 0.2) is 18.2 Å². The largest absolute Gasteiger partial charge is 0.349 e. The van der Waals surface area contributed by atoms with Crippen LogP contribution in [-0.2, 0) is 22.4 Å². The van der Waals surface area contributed by atoms with E-state index in [0.717, 1.165) is 43.5 Å². The van der Waals surface area contributed by atoms with Gasteiger partial charge in [-0.05, 0) is 37.8 Å². The third-order valence-corrected chi connectivity index (χ3v) is 5.28. The molecule has 5 nitrogen and oxygen atoms in total. The molecule has 0 spiro atoms. The number of fused-ring (bicyclic) bond motifs is 1. The van der Waals surface area contributed by atoms with Gasteiger partial charge in [-0.25, -0.2) is 13.8 Å². The maximum absolute atomic E-state index is 14.0. The van der Waals surface area contributed by atoms with Crippen molar-refractivity contribution in [2.75, 3.05) is 5.32 Å². The molecule has 0 fully saturated rings. The highest BCUT2D eigenvalue weighted by atomic mass is 32.1. The Bertz CT molecular complexity index is 794. The Balaban J connectivity index is 1.75. The number of nitrogens with one attached hydrogen (secondary N) is 2. The lowest BCUT2D eigenvalue weighted by Crippen LogP contribution is -2.31. The van der Waals surface area contributed by atoms with Crippen molar-refractivity contribution in [2.45, 2.75) is 45.1 Å². The Hall–Kier alpha value is -2.35. The number of benzene rings is 1. The zero-order chi connectivity index (χ0) is 18.7. The van der Waals surface area contributed by atoms with Crippen molar-refractivity contribution in [2.24, 2.45) is 0 Å². The van der Waals surface area contributed by atoms with Crippen LogP contribution < -0.4 is 10.6 Å². The third kappa shape index (κ3) is 4.24. The first-order valence-corrected chi connectivity index (χ1v) is 9.25. The van der Waals surface area contributed by atoms with Crippen molar-refractivity contribution in [1.82, 2.24) is 10.3 Å². The van der Waals surface area contributed by atoms with E-state index in [1.807, 2.05) is 0 Å².